The molecule has 2 aromatic carbocycles. The first-order valence-corrected chi connectivity index (χ1v) is 11.0. The van der Waals surface area contributed by atoms with Gasteiger partial charge in [-0.3, -0.25) is 0 Å². The molecule has 0 radical (unpaired) electrons. The van der Waals surface area contributed by atoms with E-state index in [1.807, 2.05) is 63.2 Å². The predicted molar refractivity (Wildman–Crippen MR) is 127 cm³/mol. The molecule has 0 aliphatic carbocycles. The molecule has 3 rings (SSSR count). The predicted octanol–water partition coefficient (Wildman–Crippen LogP) is 6.07. The van der Waals surface area contributed by atoms with Crippen LogP contribution in [0.25, 0.3) is 0 Å². The smallest absolute Gasteiger partial charge is 0.337 e. The lowest BCUT2D eigenvalue weighted by Crippen LogP contribution is -2.18. The third kappa shape index (κ3) is 6.31. The molecule has 1 heterocycles. The summed E-state index contributed by atoms with van der Waals surface area (Å²) in [5, 5.41) is 12.7. The maximum Gasteiger partial charge on any atom is 0.337 e. The number of hydrogen-bond acceptors (Lipinski definition) is 4. The van der Waals surface area contributed by atoms with Crippen LogP contribution in [0.1, 0.15) is 47.8 Å². The van der Waals surface area contributed by atoms with Crippen LogP contribution in [0.2, 0.25) is 0 Å². The highest BCUT2D eigenvalue weighted by Crippen LogP contribution is 2.29. The van der Waals surface area contributed by atoms with Gasteiger partial charge in [-0.25, -0.2) is 9.78 Å². The number of anilines is 1. The number of carbonyl (C=O) groups is 1. The molecule has 0 aliphatic heterocycles. The topological polar surface area (TPSA) is 71.5 Å². The molecule has 1 aromatic heterocycles. The van der Waals surface area contributed by atoms with E-state index in [-0.39, 0.29) is 11.0 Å². The average Bonchev–Trinajstić information content (AvgIpc) is 2.73. The Hall–Kier alpha value is -2.86. The summed E-state index contributed by atoms with van der Waals surface area (Å²) in [6, 6.07) is 17.8. The van der Waals surface area contributed by atoms with Crippen LogP contribution in [-0.2, 0) is 18.4 Å². The lowest BCUT2D eigenvalue weighted by atomic mass is 9.86. The molecule has 0 unspecified atom stereocenters. The van der Waals surface area contributed by atoms with E-state index >= 15 is 0 Å². The largest absolute Gasteiger partial charge is 0.489 e. The Labute approximate surface area is 191 Å². The van der Waals surface area contributed by atoms with Crippen LogP contribution in [0, 0.1) is 0 Å². The summed E-state index contributed by atoms with van der Waals surface area (Å²) in [5.74, 6) is 0.581. The summed E-state index contributed by atoms with van der Waals surface area (Å²) in [6.07, 6.45) is 2.13. The standard InChI is InChI=1S/C25H27BrN2O3/c1-25(2,3)21-14-19(24(29)30)15-28-23(21)27-12-11-18-13-20(26)9-10-22(18)31-16-17-7-5-4-6-8-17/h4-10,13-15H,11-12,16H2,1-3H3,(H,27,28)(H,29,30). The van der Waals surface area contributed by atoms with Crippen molar-refractivity contribution in [1.29, 1.82) is 0 Å². The number of ether oxygens (including phenoxy) is 1. The molecule has 0 atom stereocenters. The summed E-state index contributed by atoms with van der Waals surface area (Å²) in [6.45, 7) is 7.29. The van der Waals surface area contributed by atoms with E-state index in [0.29, 0.717) is 19.0 Å². The highest BCUT2D eigenvalue weighted by molar-refractivity contribution is 9.10. The molecule has 0 fully saturated rings. The first-order chi connectivity index (χ1) is 14.7. The van der Waals surface area contributed by atoms with Gasteiger partial charge < -0.3 is 15.2 Å². The molecule has 0 amide bonds. The average molecular weight is 483 g/mol. The van der Waals surface area contributed by atoms with Crippen molar-refractivity contribution in [2.24, 2.45) is 0 Å². The van der Waals surface area contributed by atoms with Gasteiger partial charge in [0, 0.05) is 22.8 Å². The number of rotatable bonds is 8. The quantitative estimate of drug-likeness (QED) is 0.407. The van der Waals surface area contributed by atoms with E-state index in [2.05, 4.69) is 32.3 Å². The van der Waals surface area contributed by atoms with Crippen molar-refractivity contribution in [1.82, 2.24) is 4.98 Å². The van der Waals surface area contributed by atoms with Gasteiger partial charge in [-0.05, 0) is 47.2 Å². The Kier molecular flexibility index (Phi) is 7.33. The van der Waals surface area contributed by atoms with Gasteiger partial charge in [-0.2, -0.15) is 0 Å². The number of hydrogen-bond donors (Lipinski definition) is 2. The second-order valence-electron chi connectivity index (χ2n) is 8.38. The molecule has 0 aliphatic rings. The van der Waals surface area contributed by atoms with E-state index in [4.69, 9.17) is 4.74 Å². The second-order valence-corrected chi connectivity index (χ2v) is 9.29. The minimum Gasteiger partial charge on any atom is -0.489 e. The molecule has 162 valence electrons. The SMILES string of the molecule is CC(C)(C)c1cc(C(=O)O)cnc1NCCc1cc(Br)ccc1OCc1ccccc1. The number of aromatic carboxylic acids is 1. The van der Waals surface area contributed by atoms with Gasteiger partial charge in [0.15, 0.2) is 0 Å². The first kappa shape index (κ1) is 22.8. The van der Waals surface area contributed by atoms with Crippen molar-refractivity contribution in [3.05, 3.63) is 87.5 Å². The molecule has 0 saturated carbocycles. The van der Waals surface area contributed by atoms with Crippen molar-refractivity contribution in [2.45, 2.75) is 39.2 Å². The molecule has 3 aromatic rings. The molecule has 0 bridgehead atoms. The summed E-state index contributed by atoms with van der Waals surface area (Å²) < 4.78 is 7.07. The van der Waals surface area contributed by atoms with Gasteiger partial charge in [0.05, 0.1) is 5.56 Å². The maximum atomic E-state index is 11.3. The summed E-state index contributed by atoms with van der Waals surface area (Å²) >= 11 is 3.54. The van der Waals surface area contributed by atoms with Crippen LogP contribution in [-0.4, -0.2) is 22.6 Å². The zero-order chi connectivity index (χ0) is 22.4. The Balaban J connectivity index is 1.72. The third-order valence-electron chi connectivity index (χ3n) is 4.89. The highest BCUT2D eigenvalue weighted by Gasteiger charge is 2.21. The molecular weight excluding hydrogens is 456 g/mol. The number of nitrogens with one attached hydrogen (secondary N) is 1. The van der Waals surface area contributed by atoms with E-state index < -0.39 is 5.97 Å². The van der Waals surface area contributed by atoms with Crippen molar-refractivity contribution in [3.63, 3.8) is 0 Å². The van der Waals surface area contributed by atoms with Crippen molar-refractivity contribution < 1.29 is 14.6 Å². The number of halogens is 1. The fraction of sp³-hybridized carbons (Fsp3) is 0.280. The van der Waals surface area contributed by atoms with Crippen LogP contribution >= 0.6 is 15.9 Å². The van der Waals surface area contributed by atoms with E-state index in [1.165, 1.54) is 6.20 Å². The fourth-order valence-corrected chi connectivity index (χ4v) is 3.64. The number of carboxylic acids is 1. The normalized spacial score (nSPS) is 11.2. The van der Waals surface area contributed by atoms with Gasteiger partial charge in [0.2, 0.25) is 0 Å². The Morgan fingerprint density at radius 2 is 1.87 bits per heavy atom. The van der Waals surface area contributed by atoms with Gasteiger partial charge >= 0.3 is 5.97 Å². The third-order valence-corrected chi connectivity index (χ3v) is 5.38. The lowest BCUT2D eigenvalue weighted by molar-refractivity contribution is 0.0696. The summed E-state index contributed by atoms with van der Waals surface area (Å²) in [5.41, 5.74) is 3.03. The van der Waals surface area contributed by atoms with Gasteiger partial charge in [0.25, 0.3) is 0 Å². The van der Waals surface area contributed by atoms with Crippen molar-refractivity contribution in [2.75, 3.05) is 11.9 Å². The Morgan fingerprint density at radius 3 is 2.55 bits per heavy atom. The molecule has 6 heteroatoms. The molecule has 2 N–H and O–H groups in total. The van der Waals surface area contributed by atoms with E-state index in [0.717, 1.165) is 33.3 Å². The minimum absolute atomic E-state index is 0.194. The lowest BCUT2D eigenvalue weighted by Gasteiger charge is -2.23. The molecule has 0 saturated heterocycles. The van der Waals surface area contributed by atoms with Crippen LogP contribution in [0.4, 0.5) is 5.82 Å². The molecule has 31 heavy (non-hydrogen) atoms. The van der Waals surface area contributed by atoms with Crippen LogP contribution in [0.5, 0.6) is 5.75 Å². The fourth-order valence-electron chi connectivity index (χ4n) is 3.23. The number of pyridine rings is 1. The Morgan fingerprint density at radius 1 is 1.13 bits per heavy atom. The summed E-state index contributed by atoms with van der Waals surface area (Å²) in [7, 11) is 0. The Bertz CT molecular complexity index is 1050. The van der Waals surface area contributed by atoms with Crippen molar-refractivity contribution in [3.8, 4) is 5.75 Å². The zero-order valence-electron chi connectivity index (χ0n) is 18.0. The van der Waals surface area contributed by atoms with Crippen molar-refractivity contribution >= 4 is 27.7 Å². The van der Waals surface area contributed by atoms with Gasteiger partial charge in [-0.15, -0.1) is 0 Å². The molecule has 0 spiro atoms. The summed E-state index contributed by atoms with van der Waals surface area (Å²) in [4.78, 5) is 15.7. The molecule has 5 nitrogen and oxygen atoms in total. The van der Waals surface area contributed by atoms with Crippen LogP contribution in [0.15, 0.2) is 65.3 Å². The number of benzene rings is 2. The number of aromatic nitrogens is 1. The number of nitrogens with zero attached hydrogens (tertiary/aromatic N) is 1. The molecular formula is C25H27BrN2O3. The second kappa shape index (κ2) is 9.96. The van der Waals surface area contributed by atoms with Crippen LogP contribution in [0.3, 0.4) is 0 Å². The monoisotopic (exact) mass is 482 g/mol. The van der Waals surface area contributed by atoms with Gasteiger partial charge in [0.1, 0.15) is 18.2 Å². The van der Waals surface area contributed by atoms with E-state index in [9.17, 15) is 9.90 Å². The van der Waals surface area contributed by atoms with Crippen LogP contribution < -0.4 is 10.1 Å². The first-order valence-electron chi connectivity index (χ1n) is 10.2. The maximum absolute atomic E-state index is 11.3. The highest BCUT2D eigenvalue weighted by atomic mass is 79.9. The number of carboxylic acid groups (broad SMARTS) is 1. The zero-order valence-corrected chi connectivity index (χ0v) is 19.6. The minimum atomic E-state index is -0.973. The van der Waals surface area contributed by atoms with Gasteiger partial charge in [-0.1, -0.05) is 67.0 Å². The van der Waals surface area contributed by atoms with E-state index in [1.54, 1.807) is 6.07 Å².